The van der Waals surface area contributed by atoms with E-state index in [1.165, 1.54) is 31.2 Å². The Morgan fingerprint density at radius 3 is 2.55 bits per heavy atom. The first kappa shape index (κ1) is 21.5. The fourth-order valence-electron chi connectivity index (χ4n) is 5.39. The van der Waals surface area contributed by atoms with Crippen molar-refractivity contribution in [2.24, 2.45) is 13.0 Å². The lowest BCUT2D eigenvalue weighted by Gasteiger charge is -2.38. The van der Waals surface area contributed by atoms with Crippen LogP contribution in [0.2, 0.25) is 0 Å². The van der Waals surface area contributed by atoms with Crippen LogP contribution in [0.3, 0.4) is 0 Å². The van der Waals surface area contributed by atoms with Gasteiger partial charge in [0.1, 0.15) is 29.1 Å². The van der Waals surface area contributed by atoms with Gasteiger partial charge in [-0.15, -0.1) is 0 Å². The monoisotopic (exact) mass is 442 g/mol. The maximum Gasteiger partial charge on any atom is 0.252 e. The van der Waals surface area contributed by atoms with Crippen molar-refractivity contribution in [2.45, 2.75) is 51.0 Å². The first-order valence-electron chi connectivity index (χ1n) is 12.0. The Bertz CT molecular complexity index is 1250. The molecule has 0 amide bonds. The zero-order chi connectivity index (χ0) is 22.9. The number of anilines is 1. The molecule has 1 aromatic carbocycles. The summed E-state index contributed by atoms with van der Waals surface area (Å²) in [5.74, 6) is 1.93. The molecule has 0 radical (unpaired) electrons. The molecule has 0 N–H and O–H groups in total. The molecule has 2 atom stereocenters. The maximum atomic E-state index is 12.6. The summed E-state index contributed by atoms with van der Waals surface area (Å²) in [4.78, 5) is 19.3. The molecular weight excluding hydrogens is 412 g/mol. The lowest BCUT2D eigenvalue weighted by molar-refractivity contribution is 0.121. The van der Waals surface area contributed by atoms with E-state index >= 15 is 0 Å². The lowest BCUT2D eigenvalue weighted by atomic mass is 9.95. The van der Waals surface area contributed by atoms with Crippen molar-refractivity contribution in [2.75, 3.05) is 18.0 Å². The molecule has 5 rings (SSSR count). The minimum absolute atomic E-state index is 0.0719. The number of rotatable bonds is 4. The molecule has 170 valence electrons. The second-order valence-corrected chi connectivity index (χ2v) is 9.52. The second kappa shape index (κ2) is 8.90. The summed E-state index contributed by atoms with van der Waals surface area (Å²) in [6.45, 7) is 3.74. The summed E-state index contributed by atoms with van der Waals surface area (Å²) in [7, 11) is 1.74. The Balaban J connectivity index is 1.33. The first-order chi connectivity index (χ1) is 16.0. The fraction of sp³-hybridized carbons (Fsp3) is 0.444. The molecule has 6 nitrogen and oxygen atoms in total. The number of nitrogens with zero attached hydrogens (tertiary/aromatic N) is 4. The molecule has 2 fully saturated rings. The summed E-state index contributed by atoms with van der Waals surface area (Å²) in [5, 5.41) is 9.31. The Morgan fingerprint density at radius 2 is 1.85 bits per heavy atom. The van der Waals surface area contributed by atoms with E-state index in [0.717, 1.165) is 36.5 Å². The molecule has 33 heavy (non-hydrogen) atoms. The highest BCUT2D eigenvalue weighted by atomic mass is 16.5. The van der Waals surface area contributed by atoms with Crippen LogP contribution < -0.4 is 15.2 Å². The SMILES string of the molecule is C[C@H]1CN(c2cc(=O)n(C)c3ccc(C#N)nc23)CC[C@@H]1Oc1ccc(C2CCCC2)cc1. The lowest BCUT2D eigenvalue weighted by Crippen LogP contribution is -2.45. The Kier molecular flexibility index (Phi) is 5.80. The molecule has 3 aromatic rings. The molecule has 1 aliphatic carbocycles. The molecule has 2 aromatic heterocycles. The second-order valence-electron chi connectivity index (χ2n) is 9.52. The topological polar surface area (TPSA) is 71.2 Å². The van der Waals surface area contributed by atoms with E-state index in [1.54, 1.807) is 29.8 Å². The molecule has 0 unspecified atom stereocenters. The van der Waals surface area contributed by atoms with E-state index in [-0.39, 0.29) is 17.6 Å². The minimum atomic E-state index is -0.0719. The molecule has 2 aliphatic rings. The van der Waals surface area contributed by atoms with E-state index in [0.29, 0.717) is 17.1 Å². The first-order valence-corrected chi connectivity index (χ1v) is 12.0. The van der Waals surface area contributed by atoms with E-state index in [9.17, 15) is 10.1 Å². The van der Waals surface area contributed by atoms with E-state index < -0.39 is 0 Å². The van der Waals surface area contributed by atoms with Gasteiger partial charge in [-0.25, -0.2) is 4.98 Å². The third-order valence-electron chi connectivity index (χ3n) is 7.34. The number of aromatic nitrogens is 2. The molecule has 1 aliphatic heterocycles. The number of ether oxygens (including phenoxy) is 1. The number of hydrogen-bond acceptors (Lipinski definition) is 5. The van der Waals surface area contributed by atoms with Crippen molar-refractivity contribution in [1.82, 2.24) is 9.55 Å². The van der Waals surface area contributed by atoms with E-state index in [4.69, 9.17) is 4.74 Å². The van der Waals surface area contributed by atoms with Gasteiger partial charge in [0, 0.05) is 38.5 Å². The van der Waals surface area contributed by atoms with Crippen molar-refractivity contribution >= 4 is 16.7 Å². The molecule has 0 bridgehead atoms. The van der Waals surface area contributed by atoms with Gasteiger partial charge in [0.25, 0.3) is 5.56 Å². The zero-order valence-electron chi connectivity index (χ0n) is 19.3. The van der Waals surface area contributed by atoms with Crippen molar-refractivity contribution in [3.63, 3.8) is 0 Å². The van der Waals surface area contributed by atoms with Gasteiger partial charge in [0.05, 0.1) is 11.2 Å². The smallest absolute Gasteiger partial charge is 0.252 e. The van der Waals surface area contributed by atoms with Crippen LogP contribution in [0.4, 0.5) is 5.69 Å². The summed E-state index contributed by atoms with van der Waals surface area (Å²) >= 11 is 0. The third-order valence-corrected chi connectivity index (χ3v) is 7.34. The van der Waals surface area contributed by atoms with Crippen LogP contribution >= 0.6 is 0 Å². The number of aryl methyl sites for hydroxylation is 1. The average molecular weight is 443 g/mol. The molecule has 1 saturated carbocycles. The molecule has 3 heterocycles. The van der Waals surface area contributed by atoms with Crippen molar-refractivity contribution < 1.29 is 4.74 Å². The summed E-state index contributed by atoms with van der Waals surface area (Å²) in [5.41, 5.74) is 3.96. The van der Waals surface area contributed by atoms with Crippen LogP contribution in [-0.2, 0) is 7.05 Å². The molecular formula is C27H30N4O2. The van der Waals surface area contributed by atoms with Gasteiger partial charge < -0.3 is 14.2 Å². The summed E-state index contributed by atoms with van der Waals surface area (Å²) < 4.78 is 7.97. The standard InChI is InChI=1S/C27H30N4O2/c1-18-17-31(24-15-26(32)30(2)23-12-9-21(16-28)29-27(23)24)14-13-25(18)33-22-10-7-20(8-11-22)19-5-3-4-6-19/h7-12,15,18-19,25H,3-6,13-14,17H2,1-2H3/t18-,25-/m0/s1. The van der Waals surface area contributed by atoms with Gasteiger partial charge in [-0.1, -0.05) is 31.9 Å². The Labute approximate surface area is 194 Å². The van der Waals surface area contributed by atoms with Crippen molar-refractivity contribution in [3.8, 4) is 11.8 Å². The van der Waals surface area contributed by atoms with Crippen molar-refractivity contribution in [1.29, 1.82) is 5.26 Å². The number of piperidine rings is 1. The van der Waals surface area contributed by atoms with Crippen LogP contribution in [0, 0.1) is 17.2 Å². The van der Waals surface area contributed by atoms with Gasteiger partial charge in [0.2, 0.25) is 0 Å². The maximum absolute atomic E-state index is 12.6. The number of fused-ring (bicyclic) bond motifs is 1. The number of nitriles is 1. The normalized spacial score (nSPS) is 21.3. The fourth-order valence-corrected chi connectivity index (χ4v) is 5.39. The Morgan fingerprint density at radius 1 is 1.09 bits per heavy atom. The highest BCUT2D eigenvalue weighted by Gasteiger charge is 2.29. The summed E-state index contributed by atoms with van der Waals surface area (Å²) in [6.07, 6.45) is 6.28. The zero-order valence-corrected chi connectivity index (χ0v) is 19.3. The quantitative estimate of drug-likeness (QED) is 0.583. The van der Waals surface area contributed by atoms with E-state index in [1.807, 2.05) is 0 Å². The largest absolute Gasteiger partial charge is 0.490 e. The van der Waals surface area contributed by atoms with E-state index in [2.05, 4.69) is 47.1 Å². The molecule has 1 saturated heterocycles. The van der Waals surface area contributed by atoms with Crippen molar-refractivity contribution in [3.05, 3.63) is 64.1 Å². The highest BCUT2D eigenvalue weighted by Crippen LogP contribution is 2.35. The number of hydrogen-bond donors (Lipinski definition) is 0. The van der Waals surface area contributed by atoms with Crippen LogP contribution in [0.25, 0.3) is 11.0 Å². The summed E-state index contributed by atoms with van der Waals surface area (Å²) in [6, 6.07) is 15.9. The van der Waals surface area contributed by atoms with Gasteiger partial charge in [-0.2, -0.15) is 5.26 Å². The van der Waals surface area contributed by atoms with Crippen LogP contribution in [0.15, 0.2) is 47.3 Å². The van der Waals surface area contributed by atoms with Crippen LogP contribution in [0.1, 0.15) is 56.2 Å². The number of pyridine rings is 2. The van der Waals surface area contributed by atoms with Crippen LogP contribution in [0.5, 0.6) is 5.75 Å². The average Bonchev–Trinajstić information content (AvgIpc) is 3.38. The Hall–Kier alpha value is -3.33. The van der Waals surface area contributed by atoms with Gasteiger partial charge in [0.15, 0.2) is 0 Å². The van der Waals surface area contributed by atoms with Gasteiger partial charge in [-0.3, -0.25) is 4.79 Å². The molecule has 0 spiro atoms. The number of benzene rings is 1. The van der Waals surface area contributed by atoms with Crippen LogP contribution in [-0.4, -0.2) is 28.7 Å². The highest BCUT2D eigenvalue weighted by molar-refractivity contribution is 5.88. The van der Waals surface area contributed by atoms with Gasteiger partial charge >= 0.3 is 0 Å². The predicted octanol–water partition coefficient (Wildman–Crippen LogP) is 4.76. The van der Waals surface area contributed by atoms with Gasteiger partial charge in [-0.05, 0) is 48.6 Å². The third kappa shape index (κ3) is 4.20. The predicted molar refractivity (Wildman–Crippen MR) is 130 cm³/mol. The minimum Gasteiger partial charge on any atom is -0.490 e. The molecule has 6 heteroatoms.